The minimum atomic E-state index is 0.515. The molecule has 1 N–H and O–H groups in total. The van der Waals surface area contributed by atoms with Gasteiger partial charge in [0.05, 0.1) is 22.8 Å². The first kappa shape index (κ1) is 22.1. The van der Waals surface area contributed by atoms with Crippen LogP contribution in [0.2, 0.25) is 0 Å². The van der Waals surface area contributed by atoms with E-state index in [-0.39, 0.29) is 0 Å². The molecule has 4 aromatic rings. The fourth-order valence-electron chi connectivity index (χ4n) is 3.97. The largest absolute Gasteiger partial charge is 0.369 e. The highest BCUT2D eigenvalue weighted by atomic mass is 32.1. The average molecular weight is 472 g/mol. The maximum atomic E-state index is 10.7. The van der Waals surface area contributed by atoms with Crippen molar-refractivity contribution in [2.45, 2.75) is 6.92 Å². The van der Waals surface area contributed by atoms with Crippen molar-refractivity contribution in [2.24, 2.45) is 0 Å². The molecule has 8 nitrogen and oxygen atoms in total. The van der Waals surface area contributed by atoms with Gasteiger partial charge in [0.15, 0.2) is 0 Å². The molecule has 1 saturated heterocycles. The number of thiazole rings is 1. The molecular formula is C25H25N7OS. The van der Waals surface area contributed by atoms with Gasteiger partial charge in [-0.15, -0.1) is 11.3 Å². The van der Waals surface area contributed by atoms with E-state index >= 15 is 0 Å². The van der Waals surface area contributed by atoms with Crippen LogP contribution in [0.25, 0.3) is 21.1 Å². The SMILES string of the molecule is Cc1nc(-c2cccnc2)sc1-c1ccnc(Nc2ccc(N3CCN(CC=O)CC3)cc2)n1. The lowest BCUT2D eigenvalue weighted by Crippen LogP contribution is -2.46. The minimum absolute atomic E-state index is 0.515. The number of aromatic nitrogens is 4. The summed E-state index contributed by atoms with van der Waals surface area (Å²) in [6.45, 7) is 6.15. The summed E-state index contributed by atoms with van der Waals surface area (Å²) in [4.78, 5) is 34.3. The molecular weight excluding hydrogens is 446 g/mol. The van der Waals surface area contributed by atoms with Crippen molar-refractivity contribution in [1.29, 1.82) is 0 Å². The molecule has 3 aromatic heterocycles. The number of aldehydes is 1. The van der Waals surface area contributed by atoms with Crippen molar-refractivity contribution in [3.8, 4) is 21.1 Å². The fraction of sp³-hybridized carbons (Fsp3) is 0.240. The highest BCUT2D eigenvalue weighted by Gasteiger charge is 2.17. The summed E-state index contributed by atoms with van der Waals surface area (Å²) in [6, 6.07) is 14.1. The fourth-order valence-corrected chi connectivity index (χ4v) is 5.00. The van der Waals surface area contributed by atoms with Gasteiger partial charge in [0.2, 0.25) is 5.95 Å². The standard InChI is InChI=1S/C25H25N7OS/c1-18-23(34-24(28-18)19-3-2-9-26-17-19)22-8-10-27-25(30-22)29-20-4-6-21(7-5-20)32-13-11-31(12-14-32)15-16-33/h2-10,16-17H,11-15H2,1H3,(H,27,29,30). The Morgan fingerprint density at radius 1 is 1.03 bits per heavy atom. The van der Waals surface area contributed by atoms with E-state index in [1.165, 1.54) is 5.69 Å². The van der Waals surface area contributed by atoms with E-state index in [0.717, 1.165) is 65.0 Å². The summed E-state index contributed by atoms with van der Waals surface area (Å²) in [6.07, 6.45) is 6.32. The number of benzene rings is 1. The van der Waals surface area contributed by atoms with E-state index in [4.69, 9.17) is 9.97 Å². The number of nitrogens with zero attached hydrogens (tertiary/aromatic N) is 6. The monoisotopic (exact) mass is 471 g/mol. The van der Waals surface area contributed by atoms with Gasteiger partial charge in [-0.3, -0.25) is 9.88 Å². The molecule has 34 heavy (non-hydrogen) atoms. The average Bonchev–Trinajstić information content (AvgIpc) is 3.28. The summed E-state index contributed by atoms with van der Waals surface area (Å²) in [5.41, 5.74) is 4.88. The normalized spacial score (nSPS) is 14.2. The Hall–Kier alpha value is -3.69. The van der Waals surface area contributed by atoms with Gasteiger partial charge in [0.1, 0.15) is 11.3 Å². The number of nitrogens with one attached hydrogen (secondary N) is 1. The van der Waals surface area contributed by atoms with Crippen LogP contribution in [0.15, 0.2) is 61.1 Å². The van der Waals surface area contributed by atoms with E-state index in [9.17, 15) is 4.79 Å². The first-order chi connectivity index (χ1) is 16.7. The lowest BCUT2D eigenvalue weighted by atomic mass is 10.2. The molecule has 0 unspecified atom stereocenters. The summed E-state index contributed by atoms with van der Waals surface area (Å²) in [5.74, 6) is 0.545. The molecule has 5 rings (SSSR count). The number of piperazine rings is 1. The molecule has 0 radical (unpaired) electrons. The van der Waals surface area contributed by atoms with Crippen molar-refractivity contribution < 1.29 is 4.79 Å². The molecule has 0 amide bonds. The van der Waals surface area contributed by atoms with Gasteiger partial charge in [0.25, 0.3) is 0 Å². The second-order valence-corrected chi connectivity index (χ2v) is 9.07. The molecule has 1 aliphatic rings. The Kier molecular flexibility index (Phi) is 6.55. The maximum Gasteiger partial charge on any atom is 0.227 e. The van der Waals surface area contributed by atoms with Crippen molar-refractivity contribution >= 4 is 34.9 Å². The van der Waals surface area contributed by atoms with Crippen LogP contribution in [-0.2, 0) is 4.79 Å². The second-order valence-electron chi connectivity index (χ2n) is 8.07. The van der Waals surface area contributed by atoms with Crippen LogP contribution in [0, 0.1) is 6.92 Å². The van der Waals surface area contributed by atoms with Crippen molar-refractivity contribution in [1.82, 2.24) is 24.8 Å². The van der Waals surface area contributed by atoms with Crippen LogP contribution in [0.4, 0.5) is 17.3 Å². The summed E-state index contributed by atoms with van der Waals surface area (Å²) >= 11 is 1.60. The predicted molar refractivity (Wildman–Crippen MR) is 136 cm³/mol. The van der Waals surface area contributed by atoms with Crippen LogP contribution in [0.5, 0.6) is 0 Å². The predicted octanol–water partition coefficient (Wildman–Crippen LogP) is 4.04. The number of carbonyl (C=O) groups excluding carboxylic acids is 1. The molecule has 0 spiro atoms. The van der Waals surface area contributed by atoms with Crippen LogP contribution < -0.4 is 10.2 Å². The Morgan fingerprint density at radius 2 is 1.85 bits per heavy atom. The number of hydrogen-bond donors (Lipinski definition) is 1. The van der Waals surface area contributed by atoms with Gasteiger partial charge in [-0.05, 0) is 49.4 Å². The molecule has 4 heterocycles. The van der Waals surface area contributed by atoms with E-state index in [2.05, 4.69) is 37.2 Å². The lowest BCUT2D eigenvalue weighted by molar-refractivity contribution is -0.108. The molecule has 1 fully saturated rings. The first-order valence-corrected chi connectivity index (χ1v) is 12.0. The third-order valence-corrected chi connectivity index (χ3v) is 7.02. The summed E-state index contributed by atoms with van der Waals surface area (Å²) in [5, 5.41) is 4.24. The maximum absolute atomic E-state index is 10.7. The number of hydrogen-bond acceptors (Lipinski definition) is 9. The molecule has 0 atom stereocenters. The minimum Gasteiger partial charge on any atom is -0.369 e. The Balaban J connectivity index is 1.28. The third kappa shape index (κ3) is 4.95. The molecule has 0 aliphatic carbocycles. The molecule has 1 aliphatic heterocycles. The molecule has 1 aromatic carbocycles. The van der Waals surface area contributed by atoms with Crippen molar-refractivity contribution in [3.05, 3.63) is 66.7 Å². The number of carbonyl (C=O) groups is 1. The van der Waals surface area contributed by atoms with Crippen LogP contribution in [0.3, 0.4) is 0 Å². The number of pyridine rings is 1. The zero-order valence-electron chi connectivity index (χ0n) is 18.9. The van der Waals surface area contributed by atoms with Gasteiger partial charge in [-0.1, -0.05) is 0 Å². The molecule has 9 heteroatoms. The van der Waals surface area contributed by atoms with Gasteiger partial charge in [-0.2, -0.15) is 0 Å². The second kappa shape index (κ2) is 10.1. The van der Waals surface area contributed by atoms with Gasteiger partial charge in [-0.25, -0.2) is 15.0 Å². The highest BCUT2D eigenvalue weighted by Crippen LogP contribution is 2.34. The lowest BCUT2D eigenvalue weighted by Gasteiger charge is -2.35. The number of anilines is 3. The quantitative estimate of drug-likeness (QED) is 0.404. The summed E-state index contributed by atoms with van der Waals surface area (Å²) < 4.78 is 0. The van der Waals surface area contributed by atoms with Gasteiger partial charge >= 0.3 is 0 Å². The number of aryl methyl sites for hydroxylation is 1. The number of rotatable bonds is 7. The zero-order valence-corrected chi connectivity index (χ0v) is 19.7. The van der Waals surface area contributed by atoms with E-state index in [1.807, 2.05) is 43.5 Å². The molecule has 0 saturated carbocycles. The first-order valence-electron chi connectivity index (χ1n) is 11.2. The Morgan fingerprint density at radius 3 is 2.59 bits per heavy atom. The van der Waals surface area contributed by atoms with E-state index < -0.39 is 0 Å². The van der Waals surface area contributed by atoms with Crippen LogP contribution >= 0.6 is 11.3 Å². The smallest absolute Gasteiger partial charge is 0.227 e. The van der Waals surface area contributed by atoms with E-state index in [0.29, 0.717) is 12.5 Å². The van der Waals surface area contributed by atoms with E-state index in [1.54, 1.807) is 23.7 Å². The third-order valence-electron chi connectivity index (χ3n) is 5.79. The Labute approximate surface area is 202 Å². The topological polar surface area (TPSA) is 87.1 Å². The Bertz CT molecular complexity index is 1250. The van der Waals surface area contributed by atoms with Crippen LogP contribution in [0.1, 0.15) is 5.69 Å². The molecule has 0 bridgehead atoms. The molecule has 172 valence electrons. The summed E-state index contributed by atoms with van der Waals surface area (Å²) in [7, 11) is 0. The van der Waals surface area contributed by atoms with Crippen LogP contribution in [-0.4, -0.2) is 63.8 Å². The highest BCUT2D eigenvalue weighted by molar-refractivity contribution is 7.18. The van der Waals surface area contributed by atoms with Gasteiger partial charge < -0.3 is 15.0 Å². The zero-order chi connectivity index (χ0) is 23.3. The van der Waals surface area contributed by atoms with Gasteiger partial charge in [0, 0.05) is 61.7 Å². The van der Waals surface area contributed by atoms with Crippen molar-refractivity contribution in [2.75, 3.05) is 42.9 Å². The van der Waals surface area contributed by atoms with Crippen molar-refractivity contribution in [3.63, 3.8) is 0 Å².